The van der Waals surface area contributed by atoms with Crippen LogP contribution in [-0.2, 0) is 4.79 Å². The maximum Gasteiger partial charge on any atom is 0.248 e. The van der Waals surface area contributed by atoms with Gasteiger partial charge in [-0.15, -0.1) is 5.10 Å². The SMILES string of the molecule is C=CCOc1ccc(/C=C/C(=O)Nc2ccc(-n3cnnn3)c(C)c2)cc1OC. The van der Waals surface area contributed by atoms with Gasteiger partial charge in [-0.2, -0.15) is 0 Å². The first kappa shape index (κ1) is 19.8. The Kier molecular flexibility index (Phi) is 6.36. The fourth-order valence-corrected chi connectivity index (χ4v) is 2.67. The predicted octanol–water partition coefficient (Wildman–Crippen LogP) is 3.20. The van der Waals surface area contributed by atoms with E-state index >= 15 is 0 Å². The molecule has 1 heterocycles. The van der Waals surface area contributed by atoms with Gasteiger partial charge in [0.15, 0.2) is 11.5 Å². The third kappa shape index (κ3) is 5.07. The number of hydrogen-bond acceptors (Lipinski definition) is 6. The molecule has 0 aliphatic rings. The molecule has 2 aromatic carbocycles. The molecule has 3 rings (SSSR count). The molecular weight excluding hydrogens is 370 g/mol. The first-order valence-corrected chi connectivity index (χ1v) is 8.85. The first-order valence-electron chi connectivity index (χ1n) is 8.85. The summed E-state index contributed by atoms with van der Waals surface area (Å²) in [7, 11) is 1.57. The van der Waals surface area contributed by atoms with E-state index in [2.05, 4.69) is 27.4 Å². The summed E-state index contributed by atoms with van der Waals surface area (Å²) in [5, 5.41) is 14.0. The summed E-state index contributed by atoms with van der Waals surface area (Å²) in [4.78, 5) is 12.3. The number of tetrazole rings is 1. The van der Waals surface area contributed by atoms with Crippen LogP contribution in [0.25, 0.3) is 11.8 Å². The topological polar surface area (TPSA) is 91.2 Å². The smallest absolute Gasteiger partial charge is 0.248 e. The molecule has 0 atom stereocenters. The number of nitrogens with one attached hydrogen (secondary N) is 1. The zero-order valence-corrected chi connectivity index (χ0v) is 16.2. The molecule has 148 valence electrons. The average Bonchev–Trinajstić information content (AvgIpc) is 3.25. The molecule has 0 saturated carbocycles. The molecular formula is C21H21N5O3. The molecule has 0 spiro atoms. The van der Waals surface area contributed by atoms with Crippen LogP contribution in [0.15, 0.2) is 61.5 Å². The molecule has 0 saturated heterocycles. The summed E-state index contributed by atoms with van der Waals surface area (Å²) < 4.78 is 12.4. The van der Waals surface area contributed by atoms with Crippen molar-refractivity contribution in [1.29, 1.82) is 0 Å². The summed E-state index contributed by atoms with van der Waals surface area (Å²) in [6.07, 6.45) is 6.35. The van der Waals surface area contributed by atoms with E-state index in [0.29, 0.717) is 23.8 Å². The lowest BCUT2D eigenvalue weighted by Crippen LogP contribution is -2.08. The second-order valence-electron chi connectivity index (χ2n) is 6.09. The maximum absolute atomic E-state index is 12.3. The highest BCUT2D eigenvalue weighted by molar-refractivity contribution is 6.02. The molecule has 1 amide bonds. The number of benzene rings is 2. The number of aromatic nitrogens is 4. The highest BCUT2D eigenvalue weighted by atomic mass is 16.5. The zero-order valence-electron chi connectivity index (χ0n) is 16.2. The molecule has 0 aliphatic carbocycles. The van der Waals surface area contributed by atoms with Gasteiger partial charge < -0.3 is 14.8 Å². The third-order valence-corrected chi connectivity index (χ3v) is 4.03. The van der Waals surface area contributed by atoms with Crippen LogP contribution in [0.3, 0.4) is 0 Å². The molecule has 0 fully saturated rings. The van der Waals surface area contributed by atoms with Crippen molar-refractivity contribution in [2.75, 3.05) is 19.0 Å². The number of nitrogens with zero attached hydrogens (tertiary/aromatic N) is 4. The van der Waals surface area contributed by atoms with Gasteiger partial charge in [0, 0.05) is 11.8 Å². The molecule has 8 nitrogen and oxygen atoms in total. The molecule has 1 N–H and O–H groups in total. The minimum Gasteiger partial charge on any atom is -0.493 e. The number of carbonyl (C=O) groups excluding carboxylic acids is 1. The number of carbonyl (C=O) groups is 1. The van der Waals surface area contributed by atoms with Crippen LogP contribution in [0.4, 0.5) is 5.69 Å². The average molecular weight is 391 g/mol. The van der Waals surface area contributed by atoms with Crippen molar-refractivity contribution in [1.82, 2.24) is 20.2 Å². The van der Waals surface area contributed by atoms with Crippen molar-refractivity contribution in [2.24, 2.45) is 0 Å². The fourth-order valence-electron chi connectivity index (χ4n) is 2.67. The van der Waals surface area contributed by atoms with Crippen molar-refractivity contribution in [3.8, 4) is 17.2 Å². The van der Waals surface area contributed by atoms with Gasteiger partial charge in [-0.25, -0.2) is 4.68 Å². The highest BCUT2D eigenvalue weighted by Gasteiger charge is 2.06. The molecule has 3 aromatic rings. The lowest BCUT2D eigenvalue weighted by molar-refractivity contribution is -0.111. The molecule has 0 bridgehead atoms. The predicted molar refractivity (Wildman–Crippen MR) is 110 cm³/mol. The lowest BCUT2D eigenvalue weighted by Gasteiger charge is -2.10. The third-order valence-electron chi connectivity index (χ3n) is 4.03. The number of ether oxygens (including phenoxy) is 2. The highest BCUT2D eigenvalue weighted by Crippen LogP contribution is 2.28. The number of aryl methyl sites for hydroxylation is 1. The minimum atomic E-state index is -0.245. The van der Waals surface area contributed by atoms with E-state index in [0.717, 1.165) is 16.8 Å². The summed E-state index contributed by atoms with van der Waals surface area (Å²) in [6, 6.07) is 10.9. The van der Waals surface area contributed by atoms with Gasteiger partial charge in [-0.3, -0.25) is 4.79 Å². The van der Waals surface area contributed by atoms with Gasteiger partial charge in [-0.1, -0.05) is 18.7 Å². The van der Waals surface area contributed by atoms with Gasteiger partial charge in [0.05, 0.1) is 12.8 Å². The van der Waals surface area contributed by atoms with Crippen molar-refractivity contribution < 1.29 is 14.3 Å². The number of rotatable bonds is 8. The molecule has 1 aromatic heterocycles. The Bertz CT molecular complexity index is 1030. The van der Waals surface area contributed by atoms with Crippen molar-refractivity contribution >= 4 is 17.7 Å². The van der Waals surface area contributed by atoms with Crippen LogP contribution in [0, 0.1) is 6.92 Å². The normalized spacial score (nSPS) is 10.7. The summed E-state index contributed by atoms with van der Waals surface area (Å²) in [5.41, 5.74) is 3.27. The first-order chi connectivity index (χ1) is 14.1. The van der Waals surface area contributed by atoms with E-state index in [1.807, 2.05) is 25.1 Å². The number of methoxy groups -OCH3 is 1. The molecule has 8 heteroatoms. The summed E-state index contributed by atoms with van der Waals surface area (Å²) in [5.74, 6) is 0.959. The molecule has 0 aliphatic heterocycles. The molecule has 0 radical (unpaired) electrons. The van der Waals surface area contributed by atoms with E-state index < -0.39 is 0 Å². The van der Waals surface area contributed by atoms with E-state index in [4.69, 9.17) is 9.47 Å². The Hall–Kier alpha value is -3.94. The standard InChI is InChI=1S/C21H21N5O3/c1-4-11-29-19-9-5-16(13-20(19)28-3)6-10-21(27)23-17-7-8-18(15(2)12-17)26-14-22-24-25-26/h4-10,12-14H,1,11H2,2-3H3,(H,23,27)/b10-6+. The second kappa shape index (κ2) is 9.32. The Labute approximate surface area is 168 Å². The number of anilines is 1. The van der Waals surface area contributed by atoms with Gasteiger partial charge >= 0.3 is 0 Å². The van der Waals surface area contributed by atoms with Crippen LogP contribution < -0.4 is 14.8 Å². The minimum absolute atomic E-state index is 0.245. The summed E-state index contributed by atoms with van der Waals surface area (Å²) >= 11 is 0. The Morgan fingerprint density at radius 1 is 1.24 bits per heavy atom. The molecule has 29 heavy (non-hydrogen) atoms. The van der Waals surface area contributed by atoms with Crippen molar-refractivity contribution in [3.63, 3.8) is 0 Å². The Morgan fingerprint density at radius 2 is 2.10 bits per heavy atom. The quantitative estimate of drug-likeness (QED) is 0.468. The molecule has 0 unspecified atom stereocenters. The number of amides is 1. The van der Waals surface area contributed by atoms with Gasteiger partial charge in [-0.05, 0) is 64.9 Å². The zero-order chi connectivity index (χ0) is 20.6. The largest absolute Gasteiger partial charge is 0.493 e. The van der Waals surface area contributed by atoms with Crippen LogP contribution in [-0.4, -0.2) is 39.8 Å². The Balaban J connectivity index is 1.66. The van der Waals surface area contributed by atoms with Gasteiger partial charge in [0.2, 0.25) is 5.91 Å². The van der Waals surface area contributed by atoms with Crippen LogP contribution >= 0.6 is 0 Å². The van der Waals surface area contributed by atoms with E-state index in [9.17, 15) is 4.79 Å². The van der Waals surface area contributed by atoms with Crippen LogP contribution in [0.1, 0.15) is 11.1 Å². The van der Waals surface area contributed by atoms with Crippen LogP contribution in [0.2, 0.25) is 0 Å². The lowest BCUT2D eigenvalue weighted by atomic mass is 10.1. The van der Waals surface area contributed by atoms with Gasteiger partial charge in [0.25, 0.3) is 0 Å². The fraction of sp³-hybridized carbons (Fsp3) is 0.143. The maximum atomic E-state index is 12.3. The van der Waals surface area contributed by atoms with Crippen molar-refractivity contribution in [2.45, 2.75) is 6.92 Å². The van der Waals surface area contributed by atoms with Gasteiger partial charge in [0.1, 0.15) is 12.9 Å². The second-order valence-corrected chi connectivity index (χ2v) is 6.09. The van der Waals surface area contributed by atoms with E-state index in [1.165, 1.54) is 12.4 Å². The number of hydrogen-bond donors (Lipinski definition) is 1. The van der Waals surface area contributed by atoms with E-state index in [-0.39, 0.29) is 5.91 Å². The van der Waals surface area contributed by atoms with E-state index in [1.54, 1.807) is 42.1 Å². The van der Waals surface area contributed by atoms with Crippen molar-refractivity contribution in [3.05, 3.63) is 72.6 Å². The Morgan fingerprint density at radius 3 is 2.79 bits per heavy atom. The summed E-state index contributed by atoms with van der Waals surface area (Å²) in [6.45, 7) is 5.93. The van der Waals surface area contributed by atoms with Crippen LogP contribution in [0.5, 0.6) is 11.5 Å². The monoisotopic (exact) mass is 391 g/mol.